The fourth-order valence-corrected chi connectivity index (χ4v) is 6.14. The number of fused-ring (bicyclic) bond motifs is 1. The second-order valence-electron chi connectivity index (χ2n) is 9.49. The van der Waals surface area contributed by atoms with Gasteiger partial charge in [0.2, 0.25) is 0 Å². The van der Waals surface area contributed by atoms with Crippen LogP contribution in [0.4, 0.5) is 0 Å². The number of carbonyl (C=O) groups excluding carboxylic acids is 1. The molecule has 2 heterocycles. The molecule has 5 rings (SSSR count). The molecule has 1 atom stereocenters. The number of esters is 1. The van der Waals surface area contributed by atoms with Crippen LogP contribution in [0.3, 0.4) is 0 Å². The van der Waals surface area contributed by atoms with Gasteiger partial charge in [0.1, 0.15) is 12.4 Å². The lowest BCUT2D eigenvalue weighted by atomic mass is 9.97. The minimum absolute atomic E-state index is 0.176. The van der Waals surface area contributed by atoms with Gasteiger partial charge in [0, 0.05) is 21.8 Å². The molecule has 0 bridgehead atoms. The van der Waals surface area contributed by atoms with Gasteiger partial charge in [-0.05, 0) is 61.9 Å². The standard InChI is InChI=1S/C33H28BrN3O6S/c1-4-41-27-12-10-20(15-28(27)42-5-2)30-25(32(39)40-3)18-36-33-37(30)31(38)29(44-33)16-23-14-24(34)11-13-26(23)43-19-22-9-7-6-8-21(22)17-35/h6-16,18,30H,4-5,19H2,1-3H3/b29-16+/t30-/m1/s1. The summed E-state index contributed by atoms with van der Waals surface area (Å²) in [5.74, 6) is 1.00. The van der Waals surface area contributed by atoms with Crippen LogP contribution in [0.15, 0.2) is 86.7 Å². The van der Waals surface area contributed by atoms with Gasteiger partial charge in [-0.2, -0.15) is 5.26 Å². The van der Waals surface area contributed by atoms with Crippen LogP contribution in [-0.4, -0.2) is 30.9 Å². The molecule has 1 aliphatic heterocycles. The van der Waals surface area contributed by atoms with E-state index >= 15 is 0 Å². The van der Waals surface area contributed by atoms with Gasteiger partial charge in [-0.3, -0.25) is 9.36 Å². The number of thiazole rings is 1. The summed E-state index contributed by atoms with van der Waals surface area (Å²) in [7, 11) is 1.29. The molecule has 0 fully saturated rings. The van der Waals surface area contributed by atoms with Crippen molar-refractivity contribution in [2.45, 2.75) is 26.5 Å². The van der Waals surface area contributed by atoms with E-state index in [2.05, 4.69) is 27.0 Å². The zero-order valence-corrected chi connectivity index (χ0v) is 26.6. The van der Waals surface area contributed by atoms with Crippen molar-refractivity contribution in [1.82, 2.24) is 4.57 Å². The number of carbonyl (C=O) groups is 1. The predicted octanol–water partition coefficient (Wildman–Crippen LogP) is 5.03. The molecular formula is C33H28BrN3O6S. The Hall–Kier alpha value is -4.66. The van der Waals surface area contributed by atoms with E-state index in [1.54, 1.807) is 42.5 Å². The lowest BCUT2D eigenvalue weighted by Crippen LogP contribution is -2.39. The van der Waals surface area contributed by atoms with E-state index in [1.165, 1.54) is 29.2 Å². The number of nitriles is 1. The fourth-order valence-electron chi connectivity index (χ4n) is 4.80. The van der Waals surface area contributed by atoms with Crippen molar-refractivity contribution in [3.05, 3.63) is 119 Å². The lowest BCUT2D eigenvalue weighted by molar-refractivity contribution is -0.136. The number of methoxy groups -OCH3 is 1. The molecule has 0 N–H and O–H groups in total. The molecule has 1 aromatic heterocycles. The summed E-state index contributed by atoms with van der Waals surface area (Å²) in [6, 6.07) is 19.4. The summed E-state index contributed by atoms with van der Waals surface area (Å²) in [6.07, 6.45) is 3.19. The molecule has 0 saturated heterocycles. The summed E-state index contributed by atoms with van der Waals surface area (Å²) in [5.41, 5.74) is 2.45. The zero-order valence-electron chi connectivity index (χ0n) is 24.2. The summed E-state index contributed by atoms with van der Waals surface area (Å²) >= 11 is 4.71. The molecule has 0 radical (unpaired) electrons. The smallest absolute Gasteiger partial charge is 0.337 e. The van der Waals surface area contributed by atoms with E-state index in [4.69, 9.17) is 18.9 Å². The molecule has 11 heteroatoms. The molecule has 0 amide bonds. The van der Waals surface area contributed by atoms with Crippen LogP contribution >= 0.6 is 27.3 Å². The second kappa shape index (κ2) is 13.8. The van der Waals surface area contributed by atoms with Gasteiger partial charge in [0.05, 0.1) is 48.1 Å². The third-order valence-corrected chi connectivity index (χ3v) is 8.28. The maximum Gasteiger partial charge on any atom is 0.337 e. The molecule has 0 aliphatic carbocycles. The molecular weight excluding hydrogens is 646 g/mol. The van der Waals surface area contributed by atoms with Crippen molar-refractivity contribution in [1.29, 1.82) is 5.26 Å². The highest BCUT2D eigenvalue weighted by Gasteiger charge is 2.31. The molecule has 4 aromatic rings. The average molecular weight is 675 g/mol. The molecule has 0 unspecified atom stereocenters. The number of aromatic nitrogens is 1. The van der Waals surface area contributed by atoms with Crippen molar-refractivity contribution < 1.29 is 23.7 Å². The number of halogens is 1. The largest absolute Gasteiger partial charge is 0.490 e. The van der Waals surface area contributed by atoms with Gasteiger partial charge in [-0.25, -0.2) is 9.79 Å². The van der Waals surface area contributed by atoms with Crippen LogP contribution in [0.2, 0.25) is 0 Å². The fraction of sp³-hybridized carbons (Fsp3) is 0.212. The number of hydrogen-bond donors (Lipinski definition) is 0. The normalized spacial score (nSPS) is 14.1. The Morgan fingerprint density at radius 1 is 1.05 bits per heavy atom. The zero-order chi connectivity index (χ0) is 31.2. The number of hydrogen-bond acceptors (Lipinski definition) is 9. The van der Waals surface area contributed by atoms with Crippen LogP contribution in [0.5, 0.6) is 17.2 Å². The Morgan fingerprint density at radius 3 is 2.55 bits per heavy atom. The summed E-state index contributed by atoms with van der Waals surface area (Å²) in [6.45, 7) is 4.79. The Balaban J connectivity index is 1.61. The van der Waals surface area contributed by atoms with Crippen LogP contribution in [0.1, 0.15) is 42.1 Å². The Labute approximate surface area is 266 Å². The van der Waals surface area contributed by atoms with E-state index in [-0.39, 0.29) is 17.7 Å². The molecule has 44 heavy (non-hydrogen) atoms. The Morgan fingerprint density at radius 2 is 1.80 bits per heavy atom. The monoisotopic (exact) mass is 673 g/mol. The van der Waals surface area contributed by atoms with Crippen LogP contribution in [-0.2, 0) is 16.1 Å². The summed E-state index contributed by atoms with van der Waals surface area (Å²) in [5, 5.41) is 9.46. The quantitative estimate of drug-likeness (QED) is 0.217. The Kier molecular flexibility index (Phi) is 9.62. The first kappa shape index (κ1) is 30.8. The van der Waals surface area contributed by atoms with Gasteiger partial charge < -0.3 is 18.9 Å². The summed E-state index contributed by atoms with van der Waals surface area (Å²) < 4.78 is 25.4. The van der Waals surface area contributed by atoms with Crippen LogP contribution in [0, 0.1) is 11.3 Å². The van der Waals surface area contributed by atoms with E-state index in [0.29, 0.717) is 56.5 Å². The van der Waals surface area contributed by atoms with Gasteiger partial charge in [-0.15, -0.1) is 0 Å². The van der Waals surface area contributed by atoms with Crippen LogP contribution in [0.25, 0.3) is 6.08 Å². The first-order valence-electron chi connectivity index (χ1n) is 13.8. The number of nitrogens with zero attached hydrogens (tertiary/aromatic N) is 3. The molecule has 0 saturated carbocycles. The average Bonchev–Trinajstić information content (AvgIpc) is 3.35. The third kappa shape index (κ3) is 6.32. The van der Waals surface area contributed by atoms with Gasteiger partial charge in [0.25, 0.3) is 5.56 Å². The van der Waals surface area contributed by atoms with Crippen molar-refractivity contribution in [2.24, 2.45) is 4.99 Å². The highest BCUT2D eigenvalue weighted by Crippen LogP contribution is 2.35. The molecule has 9 nitrogen and oxygen atoms in total. The molecule has 224 valence electrons. The predicted molar refractivity (Wildman–Crippen MR) is 170 cm³/mol. The number of ether oxygens (including phenoxy) is 4. The SMILES string of the molecule is CCOc1ccc([C@@H]2C(C(=O)OC)=CN=c3s/c(=C/c4cc(Br)ccc4OCc4ccccc4C#N)c(=O)n32)cc1OCC. The van der Waals surface area contributed by atoms with Crippen molar-refractivity contribution >= 4 is 39.3 Å². The van der Waals surface area contributed by atoms with Crippen molar-refractivity contribution in [3.8, 4) is 23.3 Å². The Bertz CT molecular complexity index is 1970. The van der Waals surface area contributed by atoms with E-state index in [9.17, 15) is 14.9 Å². The first-order chi connectivity index (χ1) is 21.4. The van der Waals surface area contributed by atoms with E-state index in [0.717, 1.165) is 10.0 Å². The van der Waals surface area contributed by atoms with Gasteiger partial charge in [-0.1, -0.05) is 51.5 Å². The van der Waals surface area contributed by atoms with Crippen LogP contribution < -0.4 is 29.1 Å². The van der Waals surface area contributed by atoms with Gasteiger partial charge in [0.15, 0.2) is 16.3 Å². The molecule has 1 aliphatic rings. The topological polar surface area (TPSA) is 112 Å². The van der Waals surface area contributed by atoms with Gasteiger partial charge >= 0.3 is 5.97 Å². The minimum Gasteiger partial charge on any atom is -0.490 e. The second-order valence-corrected chi connectivity index (χ2v) is 11.4. The highest BCUT2D eigenvalue weighted by atomic mass is 79.9. The van der Waals surface area contributed by atoms with E-state index < -0.39 is 12.0 Å². The van der Waals surface area contributed by atoms with E-state index in [1.807, 2.05) is 38.1 Å². The molecule has 3 aromatic carbocycles. The van der Waals surface area contributed by atoms with Crippen molar-refractivity contribution in [2.75, 3.05) is 20.3 Å². The lowest BCUT2D eigenvalue weighted by Gasteiger charge is -2.23. The molecule has 0 spiro atoms. The maximum absolute atomic E-state index is 14.1. The van der Waals surface area contributed by atoms with Crippen molar-refractivity contribution in [3.63, 3.8) is 0 Å². The summed E-state index contributed by atoms with van der Waals surface area (Å²) in [4.78, 5) is 31.8. The number of benzene rings is 3. The highest BCUT2D eigenvalue weighted by molar-refractivity contribution is 9.10. The number of rotatable bonds is 10. The third-order valence-electron chi connectivity index (χ3n) is 6.79. The first-order valence-corrected chi connectivity index (χ1v) is 15.4. The maximum atomic E-state index is 14.1. The minimum atomic E-state index is -0.809.